The molecule has 1 aliphatic heterocycles. The predicted molar refractivity (Wildman–Crippen MR) is 105 cm³/mol. The minimum absolute atomic E-state index is 0.209. The smallest absolute Gasteiger partial charge is 0.338 e. The van der Waals surface area contributed by atoms with E-state index in [0.29, 0.717) is 18.7 Å². The fourth-order valence-corrected chi connectivity index (χ4v) is 4.73. The van der Waals surface area contributed by atoms with Crippen LogP contribution in [0.4, 0.5) is 0 Å². The molecule has 1 aromatic heterocycles. The number of esters is 1. The van der Waals surface area contributed by atoms with Crippen molar-refractivity contribution in [2.45, 2.75) is 18.2 Å². The zero-order valence-corrected chi connectivity index (χ0v) is 16.8. The Balaban J connectivity index is 1.56. The van der Waals surface area contributed by atoms with E-state index in [4.69, 9.17) is 4.74 Å². The first kappa shape index (κ1) is 20.4. The van der Waals surface area contributed by atoms with Crippen molar-refractivity contribution in [2.24, 2.45) is 0 Å². The van der Waals surface area contributed by atoms with Gasteiger partial charge in [-0.25, -0.2) is 13.2 Å². The highest BCUT2D eigenvalue weighted by atomic mass is 32.2. The number of piperazine rings is 1. The molecule has 0 aliphatic carbocycles. The number of hydrogen-bond acceptors (Lipinski definition) is 5. The Morgan fingerprint density at radius 1 is 1.11 bits per heavy atom. The molecule has 1 aliphatic rings. The summed E-state index contributed by atoms with van der Waals surface area (Å²) >= 11 is 0. The lowest BCUT2D eigenvalue weighted by atomic mass is 10.2. The summed E-state index contributed by atoms with van der Waals surface area (Å²) in [6, 6.07) is 9.98. The van der Waals surface area contributed by atoms with Gasteiger partial charge in [-0.1, -0.05) is 0 Å². The summed E-state index contributed by atoms with van der Waals surface area (Å²) in [5.74, 6) is -0.446. The molecule has 7 nitrogen and oxygen atoms in total. The molecule has 2 aromatic rings. The Morgan fingerprint density at radius 3 is 2.36 bits per heavy atom. The Hall–Kier alpha value is -2.29. The van der Waals surface area contributed by atoms with Crippen molar-refractivity contribution >= 4 is 16.0 Å². The molecule has 1 fully saturated rings. The first-order valence-electron chi connectivity index (χ1n) is 9.50. The van der Waals surface area contributed by atoms with Crippen LogP contribution in [0.25, 0.3) is 0 Å². The molecular formula is C20H26N3O4S+. The van der Waals surface area contributed by atoms with Crippen LogP contribution in [0, 0.1) is 0 Å². The second kappa shape index (κ2) is 9.27. The van der Waals surface area contributed by atoms with E-state index >= 15 is 0 Å². The molecule has 1 N–H and O–H groups in total. The highest BCUT2D eigenvalue weighted by Crippen LogP contribution is 2.17. The molecule has 0 saturated carbocycles. The molecule has 0 atom stereocenters. The maximum absolute atomic E-state index is 12.9. The van der Waals surface area contributed by atoms with Crippen molar-refractivity contribution < 1.29 is 22.8 Å². The molecule has 0 radical (unpaired) electrons. The monoisotopic (exact) mass is 404 g/mol. The van der Waals surface area contributed by atoms with Gasteiger partial charge in [0.1, 0.15) is 0 Å². The van der Waals surface area contributed by atoms with Crippen LogP contribution in [0.5, 0.6) is 0 Å². The van der Waals surface area contributed by atoms with Crippen molar-refractivity contribution in [3.63, 3.8) is 0 Å². The molecule has 1 aromatic carbocycles. The van der Waals surface area contributed by atoms with Crippen LogP contribution < -0.4 is 4.90 Å². The van der Waals surface area contributed by atoms with Crippen molar-refractivity contribution in [1.82, 2.24) is 9.29 Å². The summed E-state index contributed by atoms with van der Waals surface area (Å²) in [5, 5.41) is 0. The molecular weight excluding hydrogens is 378 g/mol. The minimum Gasteiger partial charge on any atom is -0.462 e. The van der Waals surface area contributed by atoms with Crippen LogP contribution >= 0.6 is 0 Å². The van der Waals surface area contributed by atoms with Crippen LogP contribution in [-0.2, 0) is 21.2 Å². The molecule has 0 bridgehead atoms. The average Bonchev–Trinajstić information content (AvgIpc) is 2.73. The lowest BCUT2D eigenvalue weighted by Crippen LogP contribution is -3.15. The van der Waals surface area contributed by atoms with Crippen LogP contribution in [0.3, 0.4) is 0 Å². The number of aromatic nitrogens is 1. The van der Waals surface area contributed by atoms with Gasteiger partial charge in [0.15, 0.2) is 0 Å². The van der Waals surface area contributed by atoms with Gasteiger partial charge in [0.05, 0.1) is 49.8 Å². The molecule has 3 rings (SSSR count). The van der Waals surface area contributed by atoms with E-state index in [1.807, 2.05) is 12.1 Å². The largest absolute Gasteiger partial charge is 0.462 e. The van der Waals surface area contributed by atoms with E-state index in [1.54, 1.807) is 19.3 Å². The number of carbonyl (C=O) groups is 1. The van der Waals surface area contributed by atoms with E-state index in [-0.39, 0.29) is 11.5 Å². The lowest BCUT2D eigenvalue weighted by molar-refractivity contribution is -0.903. The third-order valence-corrected chi connectivity index (χ3v) is 6.86. The Morgan fingerprint density at radius 2 is 1.75 bits per heavy atom. The first-order valence-corrected chi connectivity index (χ1v) is 10.9. The van der Waals surface area contributed by atoms with Gasteiger partial charge in [0, 0.05) is 18.8 Å². The van der Waals surface area contributed by atoms with Gasteiger partial charge >= 0.3 is 5.97 Å². The molecule has 0 unspecified atom stereocenters. The SMILES string of the molecule is CCOC(=O)c1ccc(S(=O)(=O)N2CC[NH+](CCc3ccncc3)CC2)cc1. The van der Waals surface area contributed by atoms with Crippen LogP contribution in [-0.4, -0.2) is 63.0 Å². The fraction of sp³-hybridized carbons (Fsp3) is 0.400. The Kier molecular flexibility index (Phi) is 6.77. The number of nitrogens with one attached hydrogen (secondary N) is 1. The molecule has 0 amide bonds. The van der Waals surface area contributed by atoms with Crippen molar-refractivity contribution in [2.75, 3.05) is 39.3 Å². The summed E-state index contributed by atoms with van der Waals surface area (Å²) in [6.45, 7) is 5.55. The predicted octanol–water partition coefficient (Wildman–Crippen LogP) is 0.390. The number of pyridine rings is 1. The normalized spacial score (nSPS) is 16.0. The summed E-state index contributed by atoms with van der Waals surface area (Å²) in [6.07, 6.45) is 4.55. The Labute approximate surface area is 166 Å². The highest BCUT2D eigenvalue weighted by molar-refractivity contribution is 7.89. The van der Waals surface area contributed by atoms with Gasteiger partial charge in [-0.3, -0.25) is 4.98 Å². The number of ether oxygens (including phenoxy) is 1. The maximum atomic E-state index is 12.9. The highest BCUT2D eigenvalue weighted by Gasteiger charge is 2.30. The van der Waals surface area contributed by atoms with E-state index in [1.165, 1.54) is 39.0 Å². The van der Waals surface area contributed by atoms with Crippen LogP contribution in [0.15, 0.2) is 53.7 Å². The third-order valence-electron chi connectivity index (χ3n) is 4.95. The van der Waals surface area contributed by atoms with Crippen LogP contribution in [0.1, 0.15) is 22.8 Å². The quantitative estimate of drug-likeness (QED) is 0.676. The summed E-state index contributed by atoms with van der Waals surface area (Å²) in [7, 11) is -3.55. The number of quaternary nitrogens is 1. The van der Waals surface area contributed by atoms with Crippen molar-refractivity contribution in [3.05, 3.63) is 59.9 Å². The van der Waals surface area contributed by atoms with E-state index in [2.05, 4.69) is 4.98 Å². The molecule has 150 valence electrons. The second-order valence-corrected chi connectivity index (χ2v) is 8.69. The maximum Gasteiger partial charge on any atom is 0.338 e. The number of benzene rings is 1. The standard InChI is InChI=1S/C20H25N3O4S/c1-2-27-20(24)18-3-5-19(6-4-18)28(25,26)23-15-13-22(14-16-23)12-9-17-7-10-21-11-8-17/h3-8,10-11H,2,9,12-16H2,1H3/p+1. The summed E-state index contributed by atoms with van der Waals surface area (Å²) < 4.78 is 32.2. The number of sulfonamides is 1. The fourth-order valence-electron chi connectivity index (χ4n) is 3.29. The molecule has 1 saturated heterocycles. The molecule has 2 heterocycles. The van der Waals surface area contributed by atoms with Gasteiger partial charge in [0.25, 0.3) is 0 Å². The van der Waals surface area contributed by atoms with Gasteiger partial charge in [0.2, 0.25) is 10.0 Å². The van der Waals surface area contributed by atoms with Crippen molar-refractivity contribution in [1.29, 1.82) is 0 Å². The van der Waals surface area contributed by atoms with Gasteiger partial charge < -0.3 is 9.64 Å². The number of hydrogen-bond donors (Lipinski definition) is 1. The van der Waals surface area contributed by atoms with Gasteiger partial charge in [-0.05, 0) is 48.9 Å². The third kappa shape index (κ3) is 4.95. The molecule has 28 heavy (non-hydrogen) atoms. The Bertz CT molecular complexity index is 877. The second-order valence-electron chi connectivity index (χ2n) is 6.75. The number of rotatable bonds is 7. The van der Waals surface area contributed by atoms with Crippen molar-refractivity contribution in [3.8, 4) is 0 Å². The zero-order chi connectivity index (χ0) is 20.0. The van der Waals surface area contributed by atoms with E-state index in [0.717, 1.165) is 26.1 Å². The van der Waals surface area contributed by atoms with E-state index < -0.39 is 16.0 Å². The topological polar surface area (TPSA) is 81.0 Å². The summed E-state index contributed by atoms with van der Waals surface area (Å²) in [4.78, 5) is 17.4. The zero-order valence-electron chi connectivity index (χ0n) is 16.0. The first-order chi connectivity index (χ1) is 13.5. The number of nitrogens with zero attached hydrogens (tertiary/aromatic N) is 2. The van der Waals surface area contributed by atoms with Gasteiger partial charge in [-0.2, -0.15) is 4.31 Å². The van der Waals surface area contributed by atoms with Gasteiger partial charge in [-0.15, -0.1) is 0 Å². The molecule has 0 spiro atoms. The van der Waals surface area contributed by atoms with E-state index in [9.17, 15) is 13.2 Å². The minimum atomic E-state index is -3.55. The average molecular weight is 405 g/mol. The molecule has 8 heteroatoms. The lowest BCUT2D eigenvalue weighted by Gasteiger charge is -2.31. The van der Waals surface area contributed by atoms with Crippen LogP contribution in [0.2, 0.25) is 0 Å². The number of carbonyl (C=O) groups excluding carboxylic acids is 1. The summed E-state index contributed by atoms with van der Waals surface area (Å²) in [5.41, 5.74) is 1.60.